The van der Waals surface area contributed by atoms with Gasteiger partial charge in [-0.25, -0.2) is 4.98 Å². The van der Waals surface area contributed by atoms with Crippen molar-refractivity contribution in [2.24, 2.45) is 0 Å². The molecule has 9 aromatic carbocycles. The van der Waals surface area contributed by atoms with E-state index >= 15 is 0 Å². The summed E-state index contributed by atoms with van der Waals surface area (Å²) in [5, 5.41) is 7.33. The van der Waals surface area contributed by atoms with Crippen LogP contribution in [0.2, 0.25) is 0 Å². The third kappa shape index (κ3) is 8.71. The maximum atomic E-state index is 6.88. The number of para-hydroxylation sites is 3. The first-order valence-corrected chi connectivity index (χ1v) is 27.2. The predicted molar refractivity (Wildman–Crippen MR) is 322 cm³/mol. The number of nitrogens with zero attached hydrogens (tertiary/aromatic N) is 4. The van der Waals surface area contributed by atoms with E-state index in [2.05, 4.69) is 265 Å². The fourth-order valence-electron chi connectivity index (χ4n) is 11.1. The van der Waals surface area contributed by atoms with Crippen LogP contribution in [-0.2, 0) is 37.3 Å². The molecule has 0 aliphatic carbocycles. The van der Waals surface area contributed by atoms with Gasteiger partial charge in [0.2, 0.25) is 0 Å². The van der Waals surface area contributed by atoms with E-state index in [1.54, 1.807) is 0 Å². The second-order valence-corrected chi connectivity index (χ2v) is 24.4. The molecular formula is C70H59N4OPtS-3. The quantitative estimate of drug-likeness (QED) is 0.118. The van der Waals surface area contributed by atoms with Crippen LogP contribution in [0.4, 0.5) is 22.7 Å². The van der Waals surface area contributed by atoms with Crippen molar-refractivity contribution < 1.29 is 25.8 Å². The molecular weight excluding hydrogens is 1140 g/mol. The monoisotopic (exact) mass is 1200 g/mol. The van der Waals surface area contributed by atoms with Gasteiger partial charge in [0.1, 0.15) is 5.82 Å². The molecule has 77 heavy (non-hydrogen) atoms. The molecule has 0 N–H and O–H groups in total. The van der Waals surface area contributed by atoms with Gasteiger partial charge in [0.15, 0.2) is 0 Å². The normalized spacial score (nSPS) is 13.1. The number of thiophene rings is 1. The van der Waals surface area contributed by atoms with Crippen LogP contribution in [0.3, 0.4) is 0 Å². The summed E-state index contributed by atoms with van der Waals surface area (Å²) in [4.78, 5) is 9.70. The molecule has 0 unspecified atom stereocenters. The summed E-state index contributed by atoms with van der Waals surface area (Å²) in [6.45, 7) is 22.8. The van der Waals surface area contributed by atoms with Crippen molar-refractivity contribution in [1.29, 1.82) is 0 Å². The molecule has 13 rings (SSSR count). The Morgan fingerprint density at radius 2 is 1.06 bits per heavy atom. The second-order valence-electron chi connectivity index (χ2n) is 23.4. The van der Waals surface area contributed by atoms with Gasteiger partial charge in [0.05, 0.1) is 5.52 Å². The van der Waals surface area contributed by atoms with Crippen LogP contribution in [0.25, 0.3) is 80.8 Å². The summed E-state index contributed by atoms with van der Waals surface area (Å²) in [5.74, 6) is 2.04. The van der Waals surface area contributed by atoms with Crippen molar-refractivity contribution in [3.05, 3.63) is 224 Å². The fraction of sp³-hybridized carbons (Fsp3) is 0.171. The Hall–Kier alpha value is -7.50. The van der Waals surface area contributed by atoms with Crippen molar-refractivity contribution in [2.75, 3.05) is 9.80 Å². The van der Waals surface area contributed by atoms with Crippen molar-refractivity contribution >= 4 is 86.8 Å². The predicted octanol–water partition coefficient (Wildman–Crippen LogP) is 19.7. The number of benzene rings is 9. The summed E-state index contributed by atoms with van der Waals surface area (Å²) >= 11 is 1.85. The number of hydrogen-bond donors (Lipinski definition) is 0. The van der Waals surface area contributed by atoms with Gasteiger partial charge >= 0.3 is 0 Å². The summed E-state index contributed by atoms with van der Waals surface area (Å²) < 4.78 is 11.7. The van der Waals surface area contributed by atoms with Crippen LogP contribution in [0.1, 0.15) is 79.0 Å². The van der Waals surface area contributed by atoms with Crippen molar-refractivity contribution in [1.82, 2.24) is 9.55 Å². The molecule has 0 atom stereocenters. The molecule has 4 heterocycles. The molecule has 0 saturated carbocycles. The largest absolute Gasteiger partial charge is 0.509 e. The summed E-state index contributed by atoms with van der Waals surface area (Å²) in [6, 6.07) is 73.2. The minimum atomic E-state index is -0.0791. The molecule has 0 saturated heterocycles. The van der Waals surface area contributed by atoms with Gasteiger partial charge in [-0.2, -0.15) is 12.1 Å². The van der Waals surface area contributed by atoms with Gasteiger partial charge in [-0.1, -0.05) is 201 Å². The number of anilines is 4. The van der Waals surface area contributed by atoms with Gasteiger partial charge < -0.3 is 19.1 Å². The average Bonchev–Trinajstić information content (AvgIpc) is 4.32. The minimum Gasteiger partial charge on any atom is -0.509 e. The topological polar surface area (TPSA) is 33.5 Å². The molecule has 384 valence electrons. The average molecular weight is 1200 g/mol. The van der Waals surface area contributed by atoms with E-state index in [1.807, 2.05) is 29.7 Å². The number of fused-ring (bicyclic) bond motifs is 11. The zero-order valence-electron chi connectivity index (χ0n) is 44.9. The molecule has 1 aliphatic rings. The first kappa shape index (κ1) is 50.3. The Morgan fingerprint density at radius 3 is 1.75 bits per heavy atom. The number of rotatable bonds is 7. The minimum absolute atomic E-state index is 0. The maximum Gasteiger partial charge on any atom is 0.135 e. The summed E-state index contributed by atoms with van der Waals surface area (Å²) in [5.41, 5.74) is 14.5. The van der Waals surface area contributed by atoms with Gasteiger partial charge in [-0.05, 0) is 84.5 Å². The SMILES string of the molecule is CC(C)(C)c1cc(-c2cccc(-c3ccccc3)c2N2[CH-]N(c3[c-]c(Oc4[c-]c5c(cc4)c4sc6c7ccccc7c7ccccc7c6c4n5-c4cc(C(C)(C)C)ccn4)ccc3)c3ccccc32)cc(C(C)(C)C)c1.[Pt]. The third-order valence-electron chi connectivity index (χ3n) is 15.2. The van der Waals surface area contributed by atoms with Gasteiger partial charge in [0, 0.05) is 87.1 Å². The molecule has 0 spiro atoms. The summed E-state index contributed by atoms with van der Waals surface area (Å²) in [6.07, 6.45) is 1.94. The van der Waals surface area contributed by atoms with Gasteiger partial charge in [0.25, 0.3) is 0 Å². The van der Waals surface area contributed by atoms with E-state index < -0.39 is 0 Å². The Morgan fingerprint density at radius 1 is 0.481 bits per heavy atom. The van der Waals surface area contributed by atoms with Crippen LogP contribution >= 0.6 is 11.3 Å². The van der Waals surface area contributed by atoms with Crippen molar-refractivity contribution in [3.63, 3.8) is 0 Å². The first-order valence-electron chi connectivity index (χ1n) is 26.4. The molecule has 3 aromatic heterocycles. The van der Waals surface area contributed by atoms with E-state index in [-0.39, 0.29) is 37.3 Å². The van der Waals surface area contributed by atoms with Crippen LogP contribution in [0, 0.1) is 18.8 Å². The van der Waals surface area contributed by atoms with E-state index in [0.29, 0.717) is 11.5 Å². The third-order valence-corrected chi connectivity index (χ3v) is 16.4. The zero-order valence-corrected chi connectivity index (χ0v) is 48.0. The van der Waals surface area contributed by atoms with E-state index in [4.69, 9.17) is 9.72 Å². The van der Waals surface area contributed by atoms with Crippen molar-refractivity contribution in [2.45, 2.75) is 78.6 Å². The van der Waals surface area contributed by atoms with E-state index in [9.17, 15) is 0 Å². The van der Waals surface area contributed by atoms with E-state index in [1.165, 1.54) is 58.6 Å². The second kappa shape index (κ2) is 18.9. The molecule has 7 heteroatoms. The summed E-state index contributed by atoms with van der Waals surface area (Å²) in [7, 11) is 0. The van der Waals surface area contributed by atoms with Crippen LogP contribution in [-0.4, -0.2) is 9.55 Å². The Labute approximate surface area is 470 Å². The molecule has 12 aromatic rings. The maximum absolute atomic E-state index is 6.88. The van der Waals surface area contributed by atoms with Crippen LogP contribution in [0.15, 0.2) is 188 Å². The van der Waals surface area contributed by atoms with Crippen molar-refractivity contribution in [3.8, 4) is 39.6 Å². The standard InChI is InChI=1S/C70H59N4OS.Pt/c1-68(2,3)46-35-36-71-62(40-46)74-61-42-51(33-34-58(61)67-65(74)63-56-27-15-13-25-54(56)55-26-14-16-28-57(55)66(63)76-67)75-50-24-19-23-49(41-50)72-43-73(60-32-18-17-31-59(60)72)64-52(44-21-11-10-12-22-44)29-20-30-53(64)45-37-47(69(4,5)6)39-48(38-45)70(7,8)9;/h10-40,43H,1-9H3;/q-3;. The molecule has 5 nitrogen and oxygen atoms in total. The van der Waals surface area contributed by atoms with Gasteiger partial charge in [-0.3, -0.25) is 0 Å². The smallest absolute Gasteiger partial charge is 0.135 e. The van der Waals surface area contributed by atoms with Crippen LogP contribution < -0.4 is 14.5 Å². The molecule has 0 bridgehead atoms. The fourth-order valence-corrected chi connectivity index (χ4v) is 12.5. The number of ether oxygens (including phenoxy) is 1. The molecule has 0 fully saturated rings. The Balaban J connectivity index is 0.00000596. The zero-order chi connectivity index (χ0) is 52.3. The molecule has 0 amide bonds. The first-order chi connectivity index (χ1) is 36.6. The van der Waals surface area contributed by atoms with Crippen LogP contribution in [0.5, 0.6) is 11.5 Å². The number of hydrogen-bond acceptors (Lipinski definition) is 5. The Kier molecular flexibility index (Phi) is 12.4. The Bertz CT molecular complexity index is 4230. The number of aromatic nitrogens is 2. The number of pyridine rings is 1. The van der Waals surface area contributed by atoms with E-state index in [0.717, 1.165) is 61.7 Å². The molecule has 0 radical (unpaired) electrons. The molecule has 1 aliphatic heterocycles. The van der Waals surface area contributed by atoms with Gasteiger partial charge in [-0.15, -0.1) is 54.0 Å².